The summed E-state index contributed by atoms with van der Waals surface area (Å²) in [4.78, 5) is 13.6. The Kier molecular flexibility index (Phi) is 7.55. The Hall–Kier alpha value is -2.19. The number of carbonyl (C=O) groups excluding carboxylic acids is 1. The minimum Gasteiger partial charge on any atom is -0.497 e. The Bertz CT molecular complexity index is 840. The van der Waals surface area contributed by atoms with Crippen molar-refractivity contribution < 1.29 is 17.9 Å². The van der Waals surface area contributed by atoms with Gasteiger partial charge in [-0.05, 0) is 43.3 Å². The molecule has 6 nitrogen and oxygen atoms in total. The number of nitrogens with zero attached hydrogens (tertiary/aromatic N) is 1. The first-order chi connectivity index (χ1) is 12.8. The summed E-state index contributed by atoms with van der Waals surface area (Å²) in [5.74, 6) is 0.969. The van der Waals surface area contributed by atoms with Gasteiger partial charge in [-0.15, -0.1) is 11.8 Å². The van der Waals surface area contributed by atoms with E-state index < -0.39 is 16.1 Å². The molecule has 146 valence electrons. The Balaban J connectivity index is 1.99. The van der Waals surface area contributed by atoms with Crippen LogP contribution in [0.4, 0.5) is 5.69 Å². The fourth-order valence-electron chi connectivity index (χ4n) is 2.55. The van der Waals surface area contributed by atoms with Gasteiger partial charge in [0.1, 0.15) is 11.8 Å². The molecule has 0 heterocycles. The molecular weight excluding hydrogens is 384 g/mol. The van der Waals surface area contributed by atoms with Gasteiger partial charge in [0.15, 0.2) is 0 Å². The average Bonchev–Trinajstić information content (AvgIpc) is 2.65. The Labute approximate surface area is 165 Å². The maximum atomic E-state index is 12.5. The number of thioether (sulfide) groups is 1. The lowest BCUT2D eigenvalue weighted by Gasteiger charge is -2.28. The summed E-state index contributed by atoms with van der Waals surface area (Å²) in [6.07, 6.45) is 1.09. The fraction of sp³-hybridized carbons (Fsp3) is 0.316. The van der Waals surface area contributed by atoms with Crippen LogP contribution < -0.4 is 14.4 Å². The summed E-state index contributed by atoms with van der Waals surface area (Å²) in [6.45, 7) is 2.02. The zero-order valence-electron chi connectivity index (χ0n) is 15.6. The van der Waals surface area contributed by atoms with Gasteiger partial charge in [-0.2, -0.15) is 0 Å². The van der Waals surface area contributed by atoms with Crippen molar-refractivity contribution in [2.75, 3.05) is 30.0 Å². The smallest absolute Gasteiger partial charge is 0.243 e. The highest BCUT2D eigenvalue weighted by Crippen LogP contribution is 2.24. The molecule has 8 heteroatoms. The van der Waals surface area contributed by atoms with Crippen molar-refractivity contribution in [1.82, 2.24) is 5.32 Å². The summed E-state index contributed by atoms with van der Waals surface area (Å²) in [5.41, 5.74) is 0.416. The molecule has 2 aromatic rings. The monoisotopic (exact) mass is 408 g/mol. The van der Waals surface area contributed by atoms with Crippen molar-refractivity contribution in [3.8, 4) is 5.75 Å². The van der Waals surface area contributed by atoms with Gasteiger partial charge in [0.2, 0.25) is 15.9 Å². The van der Waals surface area contributed by atoms with Crippen molar-refractivity contribution in [2.45, 2.75) is 17.9 Å². The van der Waals surface area contributed by atoms with E-state index in [1.54, 1.807) is 43.0 Å². The van der Waals surface area contributed by atoms with Gasteiger partial charge in [0.05, 0.1) is 19.1 Å². The molecule has 2 rings (SSSR count). The van der Waals surface area contributed by atoms with Crippen LogP contribution in [0.15, 0.2) is 59.5 Å². The van der Waals surface area contributed by atoms with Crippen LogP contribution in [0, 0.1) is 0 Å². The molecule has 2 aromatic carbocycles. The lowest BCUT2D eigenvalue weighted by atomic mass is 10.2. The molecule has 0 saturated carbocycles. The van der Waals surface area contributed by atoms with Crippen LogP contribution in [-0.2, 0) is 14.8 Å². The van der Waals surface area contributed by atoms with Gasteiger partial charge in [0.25, 0.3) is 0 Å². The fourth-order valence-corrected chi connectivity index (χ4v) is 4.51. The zero-order chi connectivity index (χ0) is 19.9. The highest BCUT2D eigenvalue weighted by atomic mass is 32.2. The molecule has 0 bridgehead atoms. The van der Waals surface area contributed by atoms with Crippen LogP contribution in [0.25, 0.3) is 0 Å². The predicted molar refractivity (Wildman–Crippen MR) is 110 cm³/mol. The molecule has 0 radical (unpaired) electrons. The summed E-state index contributed by atoms with van der Waals surface area (Å²) in [6, 6.07) is 15.6. The summed E-state index contributed by atoms with van der Waals surface area (Å²) in [7, 11) is -2.09. The number of amides is 1. The van der Waals surface area contributed by atoms with E-state index in [1.807, 2.05) is 30.3 Å². The number of nitrogens with one attached hydrogen (secondary N) is 1. The second-order valence-corrected chi connectivity index (χ2v) is 8.91. The molecule has 0 aromatic heterocycles. The molecule has 0 spiro atoms. The van der Waals surface area contributed by atoms with E-state index in [0.717, 1.165) is 15.5 Å². The highest BCUT2D eigenvalue weighted by molar-refractivity contribution is 7.99. The first-order valence-electron chi connectivity index (χ1n) is 8.42. The molecule has 0 fully saturated rings. The van der Waals surface area contributed by atoms with Crippen molar-refractivity contribution in [3.63, 3.8) is 0 Å². The number of benzene rings is 2. The van der Waals surface area contributed by atoms with E-state index in [2.05, 4.69) is 5.32 Å². The van der Waals surface area contributed by atoms with Gasteiger partial charge in [-0.3, -0.25) is 9.10 Å². The van der Waals surface area contributed by atoms with Crippen LogP contribution in [0.1, 0.15) is 6.92 Å². The molecule has 1 atom stereocenters. The lowest BCUT2D eigenvalue weighted by Crippen LogP contribution is -2.48. The van der Waals surface area contributed by atoms with Gasteiger partial charge < -0.3 is 10.1 Å². The Morgan fingerprint density at radius 2 is 1.78 bits per heavy atom. The van der Waals surface area contributed by atoms with Crippen LogP contribution in [-0.4, -0.2) is 46.0 Å². The number of rotatable bonds is 9. The third-order valence-electron chi connectivity index (χ3n) is 3.83. The second-order valence-electron chi connectivity index (χ2n) is 5.89. The second kappa shape index (κ2) is 9.66. The number of methoxy groups -OCH3 is 1. The van der Waals surface area contributed by atoms with Crippen molar-refractivity contribution in [3.05, 3.63) is 54.6 Å². The molecule has 0 aliphatic rings. The number of ether oxygens (including phenoxy) is 1. The third kappa shape index (κ3) is 6.18. The number of hydrogen-bond acceptors (Lipinski definition) is 5. The van der Waals surface area contributed by atoms with Crippen molar-refractivity contribution >= 4 is 33.4 Å². The maximum Gasteiger partial charge on any atom is 0.243 e. The van der Waals surface area contributed by atoms with E-state index in [4.69, 9.17) is 4.74 Å². The van der Waals surface area contributed by atoms with Crippen LogP contribution in [0.5, 0.6) is 5.75 Å². The molecule has 0 unspecified atom stereocenters. The van der Waals surface area contributed by atoms with Gasteiger partial charge >= 0.3 is 0 Å². The standard InChI is InChI=1S/C19H24N2O4S2/c1-15(19(22)20-13-14-26-18-7-5-4-6-8-18)21(27(3,23)24)16-9-11-17(25-2)12-10-16/h4-12,15H,13-14H2,1-3H3,(H,20,22)/t15-/m0/s1. The van der Waals surface area contributed by atoms with Crippen molar-refractivity contribution in [1.29, 1.82) is 0 Å². The first kappa shape index (κ1) is 21.1. The molecule has 1 amide bonds. The van der Waals surface area contributed by atoms with E-state index in [-0.39, 0.29) is 5.91 Å². The highest BCUT2D eigenvalue weighted by Gasteiger charge is 2.28. The minimum atomic E-state index is -3.63. The summed E-state index contributed by atoms with van der Waals surface area (Å²) in [5, 5.41) is 2.81. The van der Waals surface area contributed by atoms with Gasteiger partial charge in [0, 0.05) is 17.2 Å². The van der Waals surface area contributed by atoms with E-state index in [1.165, 1.54) is 7.11 Å². The van der Waals surface area contributed by atoms with E-state index in [9.17, 15) is 13.2 Å². The third-order valence-corrected chi connectivity index (χ3v) is 6.08. The Morgan fingerprint density at radius 3 is 2.33 bits per heavy atom. The molecule has 0 saturated heterocycles. The first-order valence-corrected chi connectivity index (χ1v) is 11.3. The topological polar surface area (TPSA) is 75.7 Å². The molecular formula is C19H24N2O4S2. The molecule has 0 aliphatic carbocycles. The number of anilines is 1. The Morgan fingerprint density at radius 1 is 1.15 bits per heavy atom. The quantitative estimate of drug-likeness (QED) is 0.510. The van der Waals surface area contributed by atoms with Crippen molar-refractivity contribution in [2.24, 2.45) is 0 Å². The van der Waals surface area contributed by atoms with Crippen LogP contribution >= 0.6 is 11.8 Å². The number of carbonyl (C=O) groups is 1. The average molecular weight is 409 g/mol. The number of sulfonamides is 1. The van der Waals surface area contributed by atoms with Crippen LogP contribution in [0.3, 0.4) is 0 Å². The minimum absolute atomic E-state index is 0.343. The summed E-state index contributed by atoms with van der Waals surface area (Å²) < 4.78 is 30.7. The molecule has 1 N–H and O–H groups in total. The van der Waals surface area contributed by atoms with Gasteiger partial charge in [-0.25, -0.2) is 8.42 Å². The normalized spacial score (nSPS) is 12.3. The molecule has 27 heavy (non-hydrogen) atoms. The van der Waals surface area contributed by atoms with E-state index in [0.29, 0.717) is 23.7 Å². The summed E-state index contributed by atoms with van der Waals surface area (Å²) >= 11 is 1.63. The predicted octanol–water partition coefficient (Wildman–Crippen LogP) is 2.76. The zero-order valence-corrected chi connectivity index (χ0v) is 17.2. The largest absolute Gasteiger partial charge is 0.497 e. The lowest BCUT2D eigenvalue weighted by molar-refractivity contribution is -0.121. The van der Waals surface area contributed by atoms with E-state index >= 15 is 0 Å². The maximum absolute atomic E-state index is 12.5. The SMILES string of the molecule is COc1ccc(N([C@@H](C)C(=O)NCCSc2ccccc2)S(C)(=O)=O)cc1. The van der Waals surface area contributed by atoms with Crippen LogP contribution in [0.2, 0.25) is 0 Å². The molecule has 0 aliphatic heterocycles. The van der Waals surface area contributed by atoms with Gasteiger partial charge in [-0.1, -0.05) is 18.2 Å². The number of hydrogen-bond donors (Lipinski definition) is 1.